The first-order chi connectivity index (χ1) is 7.72. The predicted molar refractivity (Wildman–Crippen MR) is 66.1 cm³/mol. The minimum absolute atomic E-state index is 0.495. The summed E-state index contributed by atoms with van der Waals surface area (Å²) in [6.45, 7) is 5.10. The van der Waals surface area contributed by atoms with Crippen LogP contribution in [-0.2, 0) is 6.54 Å². The van der Waals surface area contributed by atoms with Gasteiger partial charge in [0.25, 0.3) is 0 Å². The summed E-state index contributed by atoms with van der Waals surface area (Å²) >= 11 is 0. The van der Waals surface area contributed by atoms with Crippen molar-refractivity contribution in [3.05, 3.63) is 23.8 Å². The van der Waals surface area contributed by atoms with Crippen LogP contribution in [0.4, 0.5) is 0 Å². The lowest BCUT2D eigenvalue weighted by Gasteiger charge is -2.16. The molecule has 0 radical (unpaired) electrons. The lowest BCUT2D eigenvalue weighted by molar-refractivity contribution is 0.379. The number of methoxy groups -OCH3 is 2. The molecule has 0 saturated carbocycles. The van der Waals surface area contributed by atoms with Crippen LogP contribution >= 0.6 is 0 Å². The second-order valence-corrected chi connectivity index (χ2v) is 3.83. The van der Waals surface area contributed by atoms with E-state index in [0.717, 1.165) is 30.0 Å². The smallest absolute Gasteiger partial charge is 0.127 e. The van der Waals surface area contributed by atoms with Gasteiger partial charge in [-0.2, -0.15) is 0 Å². The van der Waals surface area contributed by atoms with E-state index in [1.165, 1.54) is 0 Å². The van der Waals surface area contributed by atoms with Gasteiger partial charge in [-0.3, -0.25) is 0 Å². The SMILES string of the molecule is CCC(C)NCc1c(OC)cccc1OC. The first kappa shape index (κ1) is 12.8. The van der Waals surface area contributed by atoms with E-state index in [1.807, 2.05) is 18.2 Å². The van der Waals surface area contributed by atoms with Crippen LogP contribution in [0.25, 0.3) is 0 Å². The molecule has 0 spiro atoms. The maximum Gasteiger partial charge on any atom is 0.127 e. The number of hydrogen-bond acceptors (Lipinski definition) is 3. The van der Waals surface area contributed by atoms with Crippen LogP contribution < -0.4 is 14.8 Å². The van der Waals surface area contributed by atoms with E-state index >= 15 is 0 Å². The standard InChI is InChI=1S/C13H21NO2/c1-5-10(2)14-9-11-12(15-3)7-6-8-13(11)16-4/h6-8,10,14H,5,9H2,1-4H3. The van der Waals surface area contributed by atoms with E-state index in [4.69, 9.17) is 9.47 Å². The van der Waals surface area contributed by atoms with Crippen LogP contribution in [0.5, 0.6) is 11.5 Å². The van der Waals surface area contributed by atoms with Crippen molar-refractivity contribution in [2.24, 2.45) is 0 Å². The molecule has 0 aliphatic carbocycles. The van der Waals surface area contributed by atoms with Crippen LogP contribution in [0.1, 0.15) is 25.8 Å². The normalized spacial score (nSPS) is 12.2. The first-order valence-electron chi connectivity index (χ1n) is 5.66. The molecule has 0 amide bonds. The van der Waals surface area contributed by atoms with Crippen molar-refractivity contribution < 1.29 is 9.47 Å². The topological polar surface area (TPSA) is 30.5 Å². The quantitative estimate of drug-likeness (QED) is 0.804. The zero-order valence-corrected chi connectivity index (χ0v) is 10.5. The Morgan fingerprint density at radius 1 is 1.19 bits per heavy atom. The van der Waals surface area contributed by atoms with Gasteiger partial charge in [-0.15, -0.1) is 0 Å². The highest BCUT2D eigenvalue weighted by Gasteiger charge is 2.10. The number of rotatable bonds is 6. The maximum atomic E-state index is 5.33. The summed E-state index contributed by atoms with van der Waals surface area (Å²) in [4.78, 5) is 0. The van der Waals surface area contributed by atoms with E-state index in [2.05, 4.69) is 19.2 Å². The minimum atomic E-state index is 0.495. The summed E-state index contributed by atoms with van der Waals surface area (Å²) < 4.78 is 10.7. The molecule has 3 nitrogen and oxygen atoms in total. The zero-order chi connectivity index (χ0) is 12.0. The van der Waals surface area contributed by atoms with Crippen molar-refractivity contribution in [3.63, 3.8) is 0 Å². The van der Waals surface area contributed by atoms with E-state index in [1.54, 1.807) is 14.2 Å². The molecule has 0 aliphatic heterocycles. The predicted octanol–water partition coefficient (Wildman–Crippen LogP) is 2.59. The molecule has 0 fully saturated rings. The Morgan fingerprint density at radius 2 is 1.75 bits per heavy atom. The fraction of sp³-hybridized carbons (Fsp3) is 0.538. The molecule has 1 aromatic carbocycles. The molecular weight excluding hydrogens is 202 g/mol. The lowest BCUT2D eigenvalue weighted by atomic mass is 10.1. The number of ether oxygens (including phenoxy) is 2. The van der Waals surface area contributed by atoms with Crippen molar-refractivity contribution in [2.75, 3.05) is 14.2 Å². The van der Waals surface area contributed by atoms with Gasteiger partial charge in [0, 0.05) is 18.2 Å². The highest BCUT2D eigenvalue weighted by Crippen LogP contribution is 2.27. The van der Waals surface area contributed by atoms with Gasteiger partial charge in [0.2, 0.25) is 0 Å². The Kier molecular flexibility index (Phi) is 5.12. The molecule has 1 unspecified atom stereocenters. The molecule has 0 saturated heterocycles. The van der Waals surface area contributed by atoms with Crippen LogP contribution in [0, 0.1) is 0 Å². The third-order valence-electron chi connectivity index (χ3n) is 2.77. The lowest BCUT2D eigenvalue weighted by Crippen LogP contribution is -2.24. The van der Waals surface area contributed by atoms with Crippen molar-refractivity contribution >= 4 is 0 Å². The molecule has 1 N–H and O–H groups in total. The zero-order valence-electron chi connectivity index (χ0n) is 10.5. The Morgan fingerprint density at radius 3 is 2.19 bits per heavy atom. The van der Waals surface area contributed by atoms with Gasteiger partial charge in [-0.25, -0.2) is 0 Å². The Bertz CT molecular complexity index is 303. The third-order valence-corrected chi connectivity index (χ3v) is 2.77. The Labute approximate surface area is 97.8 Å². The molecule has 1 aromatic rings. The van der Waals surface area contributed by atoms with Crippen molar-refractivity contribution in [1.29, 1.82) is 0 Å². The maximum absolute atomic E-state index is 5.33. The molecule has 16 heavy (non-hydrogen) atoms. The molecule has 1 atom stereocenters. The summed E-state index contributed by atoms with van der Waals surface area (Å²) in [6.07, 6.45) is 1.11. The van der Waals surface area contributed by atoms with Crippen LogP contribution in [-0.4, -0.2) is 20.3 Å². The summed E-state index contributed by atoms with van der Waals surface area (Å²) in [6, 6.07) is 6.34. The summed E-state index contributed by atoms with van der Waals surface area (Å²) in [5.74, 6) is 1.74. The van der Waals surface area contributed by atoms with Crippen LogP contribution in [0.2, 0.25) is 0 Å². The largest absolute Gasteiger partial charge is 0.496 e. The average molecular weight is 223 g/mol. The summed E-state index contributed by atoms with van der Waals surface area (Å²) in [5.41, 5.74) is 1.08. The third kappa shape index (κ3) is 3.14. The van der Waals surface area contributed by atoms with Gasteiger partial charge >= 0.3 is 0 Å². The molecule has 3 heteroatoms. The highest BCUT2D eigenvalue weighted by molar-refractivity contribution is 5.44. The van der Waals surface area contributed by atoms with E-state index in [0.29, 0.717) is 6.04 Å². The molecule has 0 bridgehead atoms. The van der Waals surface area contributed by atoms with Crippen molar-refractivity contribution in [2.45, 2.75) is 32.9 Å². The summed E-state index contributed by atoms with van der Waals surface area (Å²) in [5, 5.41) is 3.44. The molecule has 0 heterocycles. The van der Waals surface area contributed by atoms with Crippen LogP contribution in [0.15, 0.2) is 18.2 Å². The molecule has 0 aromatic heterocycles. The minimum Gasteiger partial charge on any atom is -0.496 e. The fourth-order valence-corrected chi connectivity index (χ4v) is 1.52. The van der Waals surface area contributed by atoms with Gasteiger partial charge in [-0.1, -0.05) is 13.0 Å². The van der Waals surface area contributed by atoms with Gasteiger partial charge < -0.3 is 14.8 Å². The van der Waals surface area contributed by atoms with Crippen molar-refractivity contribution in [1.82, 2.24) is 5.32 Å². The highest BCUT2D eigenvalue weighted by atomic mass is 16.5. The summed E-state index contributed by atoms with van der Waals surface area (Å²) in [7, 11) is 3.36. The first-order valence-corrected chi connectivity index (χ1v) is 5.66. The molecule has 1 rings (SSSR count). The fourth-order valence-electron chi connectivity index (χ4n) is 1.52. The second-order valence-electron chi connectivity index (χ2n) is 3.83. The van der Waals surface area contributed by atoms with Crippen molar-refractivity contribution in [3.8, 4) is 11.5 Å². The number of hydrogen-bond donors (Lipinski definition) is 1. The monoisotopic (exact) mass is 223 g/mol. The van der Waals surface area contributed by atoms with Gasteiger partial charge in [0.1, 0.15) is 11.5 Å². The van der Waals surface area contributed by atoms with Crippen LogP contribution in [0.3, 0.4) is 0 Å². The number of benzene rings is 1. The van der Waals surface area contributed by atoms with Gasteiger partial charge in [0.15, 0.2) is 0 Å². The van der Waals surface area contributed by atoms with Gasteiger partial charge in [-0.05, 0) is 25.5 Å². The average Bonchev–Trinajstić information content (AvgIpc) is 2.35. The Balaban J connectivity index is 2.82. The molecule has 90 valence electrons. The van der Waals surface area contributed by atoms with E-state index in [-0.39, 0.29) is 0 Å². The Hall–Kier alpha value is -1.22. The van der Waals surface area contributed by atoms with E-state index < -0.39 is 0 Å². The van der Waals surface area contributed by atoms with Gasteiger partial charge in [0.05, 0.1) is 14.2 Å². The molecule has 0 aliphatic rings. The number of nitrogens with one attached hydrogen (secondary N) is 1. The molecular formula is C13H21NO2. The van der Waals surface area contributed by atoms with E-state index in [9.17, 15) is 0 Å². The second kappa shape index (κ2) is 6.38.